The molecule has 2 amide bonds. The van der Waals surface area contributed by atoms with E-state index in [1.807, 2.05) is 0 Å². The molecule has 0 atom stereocenters. The van der Waals surface area contributed by atoms with Gasteiger partial charge in [-0.2, -0.15) is 5.10 Å². The van der Waals surface area contributed by atoms with Crippen LogP contribution in [0.2, 0.25) is 5.02 Å². The first-order valence-corrected chi connectivity index (χ1v) is 5.46. The molecule has 8 heteroatoms. The number of halogens is 1. The number of carbonyl (C=O) groups is 1. The van der Waals surface area contributed by atoms with Crippen LogP contribution < -0.4 is 21.9 Å². The smallest absolute Gasteiger partial charge is 0.312 e. The summed E-state index contributed by atoms with van der Waals surface area (Å²) in [4.78, 5) is 22.0. The average molecular weight is 260 g/mol. The fourth-order valence-corrected chi connectivity index (χ4v) is 1.41. The van der Waals surface area contributed by atoms with Gasteiger partial charge in [-0.05, 0) is 6.92 Å². The monoisotopic (exact) mass is 259 g/mol. The summed E-state index contributed by atoms with van der Waals surface area (Å²) in [5.41, 5.74) is 4.99. The van der Waals surface area contributed by atoms with Gasteiger partial charge in [0.1, 0.15) is 5.02 Å². The van der Waals surface area contributed by atoms with Crippen LogP contribution in [0, 0.1) is 0 Å². The Bertz CT molecular complexity index is 459. The summed E-state index contributed by atoms with van der Waals surface area (Å²) in [5, 5.41) is 9.29. The maximum Gasteiger partial charge on any atom is 0.312 e. The third kappa shape index (κ3) is 3.63. The SMILES string of the molecule is CCn1ncc(NCCNC(N)=O)c(Cl)c1=O. The highest BCUT2D eigenvalue weighted by molar-refractivity contribution is 6.32. The van der Waals surface area contributed by atoms with Crippen molar-refractivity contribution in [3.8, 4) is 0 Å². The molecule has 0 unspecified atom stereocenters. The highest BCUT2D eigenvalue weighted by atomic mass is 35.5. The number of carbonyl (C=O) groups excluding carboxylic acids is 1. The largest absolute Gasteiger partial charge is 0.381 e. The molecule has 0 aromatic carbocycles. The lowest BCUT2D eigenvalue weighted by molar-refractivity contribution is 0.249. The number of nitrogens with zero attached hydrogens (tertiary/aromatic N) is 2. The first kappa shape index (κ1) is 13.3. The number of aryl methyl sites for hydroxylation is 1. The molecule has 0 saturated carbocycles. The van der Waals surface area contributed by atoms with Crippen molar-refractivity contribution in [1.29, 1.82) is 0 Å². The van der Waals surface area contributed by atoms with E-state index in [0.29, 0.717) is 25.3 Å². The maximum absolute atomic E-state index is 11.6. The van der Waals surface area contributed by atoms with Crippen LogP contribution in [-0.2, 0) is 6.54 Å². The Kier molecular flexibility index (Phi) is 4.77. The highest BCUT2D eigenvalue weighted by Gasteiger charge is 2.07. The van der Waals surface area contributed by atoms with E-state index < -0.39 is 6.03 Å². The number of nitrogens with one attached hydrogen (secondary N) is 2. The molecule has 0 aliphatic heterocycles. The van der Waals surface area contributed by atoms with Crippen molar-refractivity contribution in [3.63, 3.8) is 0 Å². The van der Waals surface area contributed by atoms with Crippen LogP contribution in [0.3, 0.4) is 0 Å². The number of urea groups is 1. The first-order chi connectivity index (χ1) is 8.06. The number of hydrogen-bond donors (Lipinski definition) is 3. The number of rotatable bonds is 5. The van der Waals surface area contributed by atoms with Crippen LogP contribution in [0.25, 0.3) is 0 Å². The van der Waals surface area contributed by atoms with Gasteiger partial charge in [0.2, 0.25) is 0 Å². The highest BCUT2D eigenvalue weighted by Crippen LogP contribution is 2.14. The molecule has 0 aliphatic rings. The Morgan fingerprint density at radius 2 is 2.29 bits per heavy atom. The van der Waals surface area contributed by atoms with E-state index in [2.05, 4.69) is 15.7 Å². The molecule has 1 rings (SSSR count). The van der Waals surface area contributed by atoms with E-state index in [1.54, 1.807) is 6.92 Å². The summed E-state index contributed by atoms with van der Waals surface area (Å²) in [7, 11) is 0. The zero-order valence-electron chi connectivity index (χ0n) is 9.36. The van der Waals surface area contributed by atoms with E-state index in [1.165, 1.54) is 10.9 Å². The van der Waals surface area contributed by atoms with Crippen LogP contribution in [0.4, 0.5) is 10.5 Å². The molecule has 0 saturated heterocycles. The van der Waals surface area contributed by atoms with Gasteiger partial charge in [-0.25, -0.2) is 9.48 Å². The van der Waals surface area contributed by atoms with Gasteiger partial charge < -0.3 is 16.4 Å². The fourth-order valence-electron chi connectivity index (χ4n) is 1.20. The second-order valence-electron chi connectivity index (χ2n) is 3.21. The second-order valence-corrected chi connectivity index (χ2v) is 3.59. The van der Waals surface area contributed by atoms with Crippen molar-refractivity contribution in [1.82, 2.24) is 15.1 Å². The summed E-state index contributed by atoms with van der Waals surface area (Å²) >= 11 is 5.87. The summed E-state index contributed by atoms with van der Waals surface area (Å²) < 4.78 is 1.26. The van der Waals surface area contributed by atoms with Crippen molar-refractivity contribution < 1.29 is 4.79 Å². The molecule has 7 nitrogen and oxygen atoms in total. The lowest BCUT2D eigenvalue weighted by Gasteiger charge is -2.09. The molecule has 1 aromatic heterocycles. The first-order valence-electron chi connectivity index (χ1n) is 5.09. The molecule has 0 aliphatic carbocycles. The summed E-state index contributed by atoms with van der Waals surface area (Å²) in [6.07, 6.45) is 1.47. The molecule has 0 bridgehead atoms. The molecule has 1 heterocycles. The van der Waals surface area contributed by atoms with Gasteiger partial charge in [-0.3, -0.25) is 4.79 Å². The summed E-state index contributed by atoms with van der Waals surface area (Å²) in [6.45, 7) is 3.00. The predicted octanol–water partition coefficient (Wildman–Crippen LogP) is -0.00320. The molecule has 0 fully saturated rings. The number of primary amides is 1. The van der Waals surface area contributed by atoms with Gasteiger partial charge in [-0.1, -0.05) is 11.6 Å². The molecule has 1 aromatic rings. The van der Waals surface area contributed by atoms with Crippen molar-refractivity contribution in [2.24, 2.45) is 5.73 Å². The molecule has 4 N–H and O–H groups in total. The quantitative estimate of drug-likeness (QED) is 0.648. The molecular formula is C9H14ClN5O2. The zero-order valence-corrected chi connectivity index (χ0v) is 10.1. The van der Waals surface area contributed by atoms with E-state index in [0.717, 1.165) is 0 Å². The van der Waals surface area contributed by atoms with Gasteiger partial charge >= 0.3 is 6.03 Å². The lowest BCUT2D eigenvalue weighted by Crippen LogP contribution is -2.33. The number of amides is 2. The molecule has 17 heavy (non-hydrogen) atoms. The van der Waals surface area contributed by atoms with Crippen LogP contribution >= 0.6 is 11.6 Å². The van der Waals surface area contributed by atoms with Crippen molar-refractivity contribution in [2.45, 2.75) is 13.5 Å². The fraction of sp³-hybridized carbons (Fsp3) is 0.444. The summed E-state index contributed by atoms with van der Waals surface area (Å²) in [6, 6.07) is -0.600. The van der Waals surface area contributed by atoms with Gasteiger partial charge in [0.15, 0.2) is 0 Å². The van der Waals surface area contributed by atoms with Gasteiger partial charge in [-0.15, -0.1) is 0 Å². The van der Waals surface area contributed by atoms with Crippen molar-refractivity contribution in [2.75, 3.05) is 18.4 Å². The number of nitrogens with two attached hydrogens (primary N) is 1. The van der Waals surface area contributed by atoms with Gasteiger partial charge in [0.25, 0.3) is 5.56 Å². The van der Waals surface area contributed by atoms with Gasteiger partial charge in [0.05, 0.1) is 11.9 Å². The number of hydrogen-bond acceptors (Lipinski definition) is 4. The minimum absolute atomic E-state index is 0.0842. The Balaban J connectivity index is 2.63. The number of aromatic nitrogens is 2. The van der Waals surface area contributed by atoms with E-state index in [4.69, 9.17) is 17.3 Å². The standard InChI is InChI=1S/C9H14ClN5O2/c1-2-15-8(16)7(10)6(5-14-15)12-3-4-13-9(11)17/h5,12H,2-4H2,1H3,(H3,11,13,17). The Labute approximate surface area is 103 Å². The Hall–Kier alpha value is -1.76. The minimum atomic E-state index is -0.600. The topological polar surface area (TPSA) is 102 Å². The Morgan fingerprint density at radius 1 is 1.59 bits per heavy atom. The molecular weight excluding hydrogens is 246 g/mol. The predicted molar refractivity (Wildman–Crippen MR) is 65.3 cm³/mol. The van der Waals surface area contributed by atoms with Crippen molar-refractivity contribution in [3.05, 3.63) is 21.6 Å². The third-order valence-corrected chi connectivity index (χ3v) is 2.39. The molecule has 94 valence electrons. The van der Waals surface area contributed by atoms with Crippen LogP contribution in [0.1, 0.15) is 6.92 Å². The average Bonchev–Trinajstić information content (AvgIpc) is 2.29. The van der Waals surface area contributed by atoms with E-state index >= 15 is 0 Å². The van der Waals surface area contributed by atoms with Crippen LogP contribution in [-0.4, -0.2) is 28.9 Å². The molecule has 0 spiro atoms. The zero-order chi connectivity index (χ0) is 12.8. The van der Waals surface area contributed by atoms with Crippen LogP contribution in [0.5, 0.6) is 0 Å². The maximum atomic E-state index is 11.6. The normalized spacial score (nSPS) is 10.0. The number of anilines is 1. The van der Waals surface area contributed by atoms with Gasteiger partial charge in [0, 0.05) is 19.6 Å². The van der Waals surface area contributed by atoms with E-state index in [9.17, 15) is 9.59 Å². The molecule has 0 radical (unpaired) electrons. The summed E-state index contributed by atoms with van der Waals surface area (Å²) in [5.74, 6) is 0. The van der Waals surface area contributed by atoms with E-state index in [-0.39, 0.29) is 10.6 Å². The van der Waals surface area contributed by atoms with Crippen molar-refractivity contribution >= 4 is 23.3 Å². The lowest BCUT2D eigenvalue weighted by atomic mass is 10.4. The van der Waals surface area contributed by atoms with Crippen LogP contribution in [0.15, 0.2) is 11.0 Å². The second kappa shape index (κ2) is 6.09. The Morgan fingerprint density at radius 3 is 2.88 bits per heavy atom. The third-order valence-electron chi connectivity index (χ3n) is 2.02. The minimum Gasteiger partial charge on any atom is -0.381 e.